The summed E-state index contributed by atoms with van der Waals surface area (Å²) in [4.78, 5) is 0. The van der Waals surface area contributed by atoms with Crippen molar-refractivity contribution in [3.63, 3.8) is 0 Å². The minimum Gasteiger partial charge on any atom is -0.381 e. The van der Waals surface area contributed by atoms with E-state index < -0.39 is 12.5 Å². The van der Waals surface area contributed by atoms with Gasteiger partial charge in [0.1, 0.15) is 0 Å². The molecule has 100 valence electrons. The fraction of sp³-hybridized carbons (Fsp3) is 0.200. The van der Waals surface area contributed by atoms with Crippen molar-refractivity contribution in [2.75, 3.05) is 5.32 Å². The van der Waals surface area contributed by atoms with Crippen molar-refractivity contribution in [1.82, 2.24) is 0 Å². The van der Waals surface area contributed by atoms with Gasteiger partial charge in [-0.2, -0.15) is 0 Å². The molecule has 4 heteroatoms. The first-order chi connectivity index (χ1) is 9.16. The Morgan fingerprint density at radius 3 is 2.16 bits per heavy atom. The lowest BCUT2D eigenvalue weighted by Gasteiger charge is -2.12. The van der Waals surface area contributed by atoms with E-state index in [4.69, 9.17) is 5.73 Å². The Hall–Kier alpha value is -1.94. The summed E-state index contributed by atoms with van der Waals surface area (Å²) in [5, 5.41) is 3.23. The van der Waals surface area contributed by atoms with Crippen molar-refractivity contribution in [1.29, 1.82) is 0 Å². The van der Waals surface area contributed by atoms with Crippen LogP contribution in [0.1, 0.15) is 17.2 Å². The van der Waals surface area contributed by atoms with Crippen molar-refractivity contribution in [3.8, 4) is 0 Å². The topological polar surface area (TPSA) is 38.0 Å². The smallest absolute Gasteiger partial charge is 0.257 e. The number of hydrogen-bond acceptors (Lipinski definition) is 2. The van der Waals surface area contributed by atoms with E-state index in [0.29, 0.717) is 12.1 Å². The number of hydrogen-bond donors (Lipinski definition) is 2. The van der Waals surface area contributed by atoms with Crippen LogP contribution < -0.4 is 11.1 Å². The maximum atomic E-state index is 12.4. The van der Waals surface area contributed by atoms with Crippen LogP contribution in [0.3, 0.4) is 0 Å². The van der Waals surface area contributed by atoms with Gasteiger partial charge in [0, 0.05) is 12.2 Å². The number of benzene rings is 2. The highest BCUT2D eigenvalue weighted by Gasteiger charge is 2.16. The Labute approximate surface area is 111 Å². The molecule has 2 nitrogen and oxygen atoms in total. The molecule has 2 rings (SSSR count). The minimum atomic E-state index is -2.54. The first kappa shape index (κ1) is 13.5. The Morgan fingerprint density at radius 1 is 0.947 bits per heavy atom. The van der Waals surface area contributed by atoms with E-state index in [2.05, 4.69) is 5.32 Å². The van der Waals surface area contributed by atoms with Crippen LogP contribution >= 0.6 is 0 Å². The molecule has 0 fully saturated rings. The molecule has 0 aliphatic rings. The summed E-state index contributed by atoms with van der Waals surface area (Å²) in [7, 11) is 0. The largest absolute Gasteiger partial charge is 0.381 e. The van der Waals surface area contributed by atoms with E-state index in [9.17, 15) is 8.78 Å². The number of nitrogens with one attached hydrogen (secondary N) is 1. The highest BCUT2D eigenvalue weighted by atomic mass is 19.3. The molecule has 0 radical (unpaired) electrons. The maximum Gasteiger partial charge on any atom is 0.257 e. The molecule has 1 atom stereocenters. The maximum absolute atomic E-state index is 12.4. The molecule has 0 saturated heterocycles. The van der Waals surface area contributed by atoms with Gasteiger partial charge in [-0.15, -0.1) is 0 Å². The lowest BCUT2D eigenvalue weighted by Crippen LogP contribution is -2.18. The second-order valence-electron chi connectivity index (χ2n) is 4.32. The summed E-state index contributed by atoms with van der Waals surface area (Å²) in [6.45, 7) is 0.696. The minimum absolute atomic E-state index is 0.445. The zero-order chi connectivity index (χ0) is 13.7. The van der Waals surface area contributed by atoms with Crippen LogP contribution in [0.5, 0.6) is 0 Å². The second kappa shape index (κ2) is 6.29. The van der Waals surface area contributed by atoms with Gasteiger partial charge in [0.05, 0.1) is 6.04 Å². The fourth-order valence-corrected chi connectivity index (χ4v) is 1.77. The SMILES string of the molecule is N[C@@H](c1ccc(NCc2ccccc2)cc1)C(F)F. The van der Waals surface area contributed by atoms with E-state index in [-0.39, 0.29) is 0 Å². The van der Waals surface area contributed by atoms with E-state index in [1.165, 1.54) is 0 Å². The summed E-state index contributed by atoms with van der Waals surface area (Å²) in [5.41, 5.74) is 7.87. The van der Waals surface area contributed by atoms with Gasteiger partial charge >= 0.3 is 0 Å². The van der Waals surface area contributed by atoms with Gasteiger partial charge in [0.2, 0.25) is 0 Å². The van der Waals surface area contributed by atoms with E-state index >= 15 is 0 Å². The van der Waals surface area contributed by atoms with Crippen LogP contribution in [0.4, 0.5) is 14.5 Å². The van der Waals surface area contributed by atoms with Crippen LogP contribution in [-0.2, 0) is 6.54 Å². The van der Waals surface area contributed by atoms with Gasteiger partial charge < -0.3 is 11.1 Å². The lowest BCUT2D eigenvalue weighted by atomic mass is 10.1. The zero-order valence-corrected chi connectivity index (χ0v) is 10.4. The number of anilines is 1. The lowest BCUT2D eigenvalue weighted by molar-refractivity contribution is 0.116. The van der Waals surface area contributed by atoms with Crippen LogP contribution in [0.25, 0.3) is 0 Å². The van der Waals surface area contributed by atoms with Crippen molar-refractivity contribution in [2.45, 2.75) is 19.0 Å². The molecule has 0 aliphatic carbocycles. The number of halogens is 2. The summed E-state index contributed by atoms with van der Waals surface area (Å²) < 4.78 is 24.9. The molecule has 19 heavy (non-hydrogen) atoms. The molecule has 0 aromatic heterocycles. The molecule has 0 spiro atoms. The summed E-state index contributed by atoms with van der Waals surface area (Å²) in [5.74, 6) is 0. The van der Waals surface area contributed by atoms with Crippen LogP contribution in [0.2, 0.25) is 0 Å². The molecule has 0 heterocycles. The third-order valence-electron chi connectivity index (χ3n) is 2.91. The third kappa shape index (κ3) is 3.76. The molecular formula is C15H16F2N2. The average molecular weight is 262 g/mol. The first-order valence-corrected chi connectivity index (χ1v) is 6.08. The average Bonchev–Trinajstić information content (AvgIpc) is 2.46. The van der Waals surface area contributed by atoms with Crippen molar-refractivity contribution in [3.05, 3.63) is 65.7 Å². The molecule has 0 saturated carbocycles. The highest BCUT2D eigenvalue weighted by Crippen LogP contribution is 2.20. The Balaban J connectivity index is 1.96. The standard InChI is InChI=1S/C15H16F2N2/c16-15(17)14(18)12-6-8-13(9-7-12)19-10-11-4-2-1-3-5-11/h1-9,14-15,19H,10,18H2/t14-/m0/s1. The van der Waals surface area contributed by atoms with Crippen molar-refractivity contribution >= 4 is 5.69 Å². The number of alkyl halides is 2. The molecule has 2 aromatic rings. The molecule has 0 amide bonds. The Kier molecular flexibility index (Phi) is 4.47. The van der Waals surface area contributed by atoms with Gasteiger partial charge in [0.25, 0.3) is 6.43 Å². The Morgan fingerprint density at radius 2 is 1.58 bits per heavy atom. The van der Waals surface area contributed by atoms with Crippen molar-refractivity contribution < 1.29 is 8.78 Å². The van der Waals surface area contributed by atoms with Gasteiger partial charge in [0.15, 0.2) is 0 Å². The molecule has 0 unspecified atom stereocenters. The summed E-state index contributed by atoms with van der Waals surface area (Å²) >= 11 is 0. The van der Waals surface area contributed by atoms with Crippen LogP contribution in [0, 0.1) is 0 Å². The molecule has 0 bridgehead atoms. The Bertz CT molecular complexity index is 497. The predicted octanol–water partition coefficient (Wildman–Crippen LogP) is 3.56. The third-order valence-corrected chi connectivity index (χ3v) is 2.91. The van der Waals surface area contributed by atoms with Gasteiger partial charge in [-0.3, -0.25) is 0 Å². The molecule has 3 N–H and O–H groups in total. The first-order valence-electron chi connectivity index (χ1n) is 6.08. The fourth-order valence-electron chi connectivity index (χ4n) is 1.77. The molecule has 0 aliphatic heterocycles. The van der Waals surface area contributed by atoms with Gasteiger partial charge in [-0.05, 0) is 23.3 Å². The quantitative estimate of drug-likeness (QED) is 0.864. The van der Waals surface area contributed by atoms with Crippen LogP contribution in [0.15, 0.2) is 54.6 Å². The molecular weight excluding hydrogens is 246 g/mol. The van der Waals surface area contributed by atoms with Gasteiger partial charge in [-0.1, -0.05) is 42.5 Å². The monoisotopic (exact) mass is 262 g/mol. The summed E-state index contributed by atoms with van der Waals surface area (Å²) in [6, 6.07) is 15.5. The van der Waals surface area contributed by atoms with E-state index in [1.807, 2.05) is 30.3 Å². The zero-order valence-electron chi connectivity index (χ0n) is 10.4. The molecule has 2 aromatic carbocycles. The van der Waals surface area contributed by atoms with Crippen molar-refractivity contribution in [2.24, 2.45) is 5.73 Å². The summed E-state index contributed by atoms with van der Waals surface area (Å²) in [6.07, 6.45) is -2.54. The van der Waals surface area contributed by atoms with Gasteiger partial charge in [-0.25, -0.2) is 8.78 Å². The second-order valence-corrected chi connectivity index (χ2v) is 4.32. The normalized spacial score (nSPS) is 12.4. The number of rotatable bonds is 5. The van der Waals surface area contributed by atoms with E-state index in [0.717, 1.165) is 11.3 Å². The predicted molar refractivity (Wildman–Crippen MR) is 73.1 cm³/mol. The van der Waals surface area contributed by atoms with E-state index in [1.54, 1.807) is 24.3 Å². The number of nitrogens with two attached hydrogens (primary N) is 1. The highest BCUT2D eigenvalue weighted by molar-refractivity contribution is 5.45. The van der Waals surface area contributed by atoms with Crippen LogP contribution in [-0.4, -0.2) is 6.43 Å².